The van der Waals surface area contributed by atoms with Gasteiger partial charge in [0.25, 0.3) is 10.0 Å². The summed E-state index contributed by atoms with van der Waals surface area (Å²) in [5.74, 6) is -0.575. The molecule has 0 aliphatic carbocycles. The van der Waals surface area contributed by atoms with Crippen molar-refractivity contribution in [2.75, 3.05) is 0 Å². The summed E-state index contributed by atoms with van der Waals surface area (Å²) < 4.78 is 40.5. The summed E-state index contributed by atoms with van der Waals surface area (Å²) in [7, 11) is -3.97. The quantitative estimate of drug-likeness (QED) is 0.690. The van der Waals surface area contributed by atoms with E-state index < -0.39 is 15.8 Å². The molecular weight excluding hydrogens is 319 g/mol. The number of benzene rings is 1. The highest BCUT2D eigenvalue weighted by Gasteiger charge is 2.22. The third-order valence-corrected chi connectivity index (χ3v) is 4.99. The molecule has 2 aromatic heterocycles. The molecule has 23 heavy (non-hydrogen) atoms. The van der Waals surface area contributed by atoms with Crippen LogP contribution in [0.5, 0.6) is 0 Å². The van der Waals surface area contributed by atoms with Crippen molar-refractivity contribution in [2.45, 2.75) is 4.90 Å². The van der Waals surface area contributed by atoms with Crippen molar-refractivity contribution >= 4 is 16.3 Å². The third-order valence-electron chi connectivity index (χ3n) is 3.30. The van der Waals surface area contributed by atoms with Crippen LogP contribution in [-0.4, -0.2) is 23.7 Å². The van der Waals surface area contributed by atoms with Crippen LogP contribution in [0.4, 0.5) is 4.39 Å². The maximum absolute atomic E-state index is 14.1. The SMILES string of the molecule is O=Cc1cc(-c2ccccc2F)n(S(=O)(=O)c2ccncc2)c1. The second-order valence-electron chi connectivity index (χ2n) is 4.74. The first-order chi connectivity index (χ1) is 11.0. The first-order valence-corrected chi connectivity index (χ1v) is 8.06. The van der Waals surface area contributed by atoms with Gasteiger partial charge in [-0.15, -0.1) is 0 Å². The number of aromatic nitrogens is 2. The Kier molecular flexibility index (Phi) is 3.79. The minimum absolute atomic E-state index is 0.00172. The molecule has 116 valence electrons. The Morgan fingerprint density at radius 3 is 2.43 bits per heavy atom. The zero-order chi connectivity index (χ0) is 16.4. The number of carbonyl (C=O) groups excluding carboxylic acids is 1. The van der Waals surface area contributed by atoms with E-state index in [9.17, 15) is 17.6 Å². The molecule has 0 aliphatic rings. The number of pyridine rings is 1. The van der Waals surface area contributed by atoms with Crippen molar-refractivity contribution in [3.63, 3.8) is 0 Å². The molecule has 0 saturated heterocycles. The highest BCUT2D eigenvalue weighted by molar-refractivity contribution is 7.90. The van der Waals surface area contributed by atoms with E-state index in [-0.39, 0.29) is 21.7 Å². The monoisotopic (exact) mass is 330 g/mol. The van der Waals surface area contributed by atoms with Crippen molar-refractivity contribution < 1.29 is 17.6 Å². The first kappa shape index (κ1) is 15.1. The van der Waals surface area contributed by atoms with Gasteiger partial charge in [-0.3, -0.25) is 9.78 Å². The van der Waals surface area contributed by atoms with Crippen LogP contribution in [0.25, 0.3) is 11.3 Å². The molecule has 2 heterocycles. The fourth-order valence-electron chi connectivity index (χ4n) is 2.22. The van der Waals surface area contributed by atoms with Gasteiger partial charge in [0.2, 0.25) is 0 Å². The van der Waals surface area contributed by atoms with Gasteiger partial charge in [0.1, 0.15) is 5.82 Å². The van der Waals surface area contributed by atoms with Gasteiger partial charge in [-0.25, -0.2) is 16.8 Å². The summed E-state index contributed by atoms with van der Waals surface area (Å²) in [5, 5.41) is 0. The van der Waals surface area contributed by atoms with Crippen molar-refractivity contribution in [3.8, 4) is 11.3 Å². The average Bonchev–Trinajstić information content (AvgIpc) is 3.01. The molecule has 0 unspecified atom stereocenters. The number of rotatable bonds is 4. The van der Waals surface area contributed by atoms with Gasteiger partial charge in [0.15, 0.2) is 6.29 Å². The summed E-state index contributed by atoms with van der Waals surface area (Å²) in [6.45, 7) is 0. The van der Waals surface area contributed by atoms with Crippen molar-refractivity contribution in [1.29, 1.82) is 0 Å². The second-order valence-corrected chi connectivity index (χ2v) is 6.56. The molecule has 5 nitrogen and oxygen atoms in total. The lowest BCUT2D eigenvalue weighted by Crippen LogP contribution is -2.13. The van der Waals surface area contributed by atoms with Gasteiger partial charge in [-0.1, -0.05) is 12.1 Å². The lowest BCUT2D eigenvalue weighted by molar-refractivity contribution is 0.112. The van der Waals surface area contributed by atoms with Crippen LogP contribution in [0.1, 0.15) is 10.4 Å². The number of nitrogens with zero attached hydrogens (tertiary/aromatic N) is 2. The predicted molar refractivity (Wildman–Crippen MR) is 82.0 cm³/mol. The van der Waals surface area contributed by atoms with Crippen molar-refractivity contribution in [3.05, 3.63) is 72.4 Å². The minimum Gasteiger partial charge on any atom is -0.298 e. The highest BCUT2D eigenvalue weighted by Crippen LogP contribution is 2.28. The Hall–Kier alpha value is -2.80. The van der Waals surface area contributed by atoms with Gasteiger partial charge >= 0.3 is 0 Å². The van der Waals surface area contributed by atoms with Gasteiger partial charge in [-0.2, -0.15) is 0 Å². The number of carbonyl (C=O) groups is 1. The molecule has 0 aliphatic heterocycles. The van der Waals surface area contributed by atoms with Crippen LogP contribution in [0, 0.1) is 5.82 Å². The predicted octanol–water partition coefficient (Wildman–Crippen LogP) is 2.74. The molecule has 0 bridgehead atoms. The van der Waals surface area contributed by atoms with Crippen LogP contribution in [0.2, 0.25) is 0 Å². The Bertz CT molecular complexity index is 966. The van der Waals surface area contributed by atoms with E-state index in [1.165, 1.54) is 55.0 Å². The Morgan fingerprint density at radius 1 is 1.09 bits per heavy atom. The Morgan fingerprint density at radius 2 is 1.78 bits per heavy atom. The fraction of sp³-hybridized carbons (Fsp3) is 0. The van der Waals surface area contributed by atoms with Crippen LogP contribution in [0.15, 0.2) is 66.0 Å². The van der Waals surface area contributed by atoms with E-state index in [4.69, 9.17) is 0 Å². The maximum atomic E-state index is 14.1. The van der Waals surface area contributed by atoms with E-state index in [1.807, 2.05) is 0 Å². The number of halogens is 1. The lowest BCUT2D eigenvalue weighted by atomic mass is 10.1. The third kappa shape index (κ3) is 2.66. The molecule has 0 amide bonds. The fourth-order valence-corrected chi connectivity index (χ4v) is 3.58. The number of hydrogen-bond donors (Lipinski definition) is 0. The summed E-state index contributed by atoms with van der Waals surface area (Å²) in [6, 6.07) is 9.79. The van der Waals surface area contributed by atoms with E-state index >= 15 is 0 Å². The minimum atomic E-state index is -3.97. The molecule has 0 spiro atoms. The zero-order valence-electron chi connectivity index (χ0n) is 11.8. The van der Waals surface area contributed by atoms with E-state index in [2.05, 4.69) is 4.98 Å². The van der Waals surface area contributed by atoms with E-state index in [0.717, 1.165) is 3.97 Å². The summed E-state index contributed by atoms with van der Waals surface area (Å²) >= 11 is 0. The summed E-state index contributed by atoms with van der Waals surface area (Å²) in [6.07, 6.45) is 4.38. The molecule has 3 aromatic rings. The first-order valence-electron chi connectivity index (χ1n) is 6.62. The number of aldehydes is 1. The smallest absolute Gasteiger partial charge is 0.268 e. The molecule has 0 radical (unpaired) electrons. The van der Waals surface area contributed by atoms with E-state index in [1.54, 1.807) is 6.07 Å². The molecule has 3 rings (SSSR count). The molecule has 0 N–H and O–H groups in total. The second kappa shape index (κ2) is 5.77. The van der Waals surface area contributed by atoms with Gasteiger partial charge in [-0.05, 0) is 30.3 Å². The van der Waals surface area contributed by atoms with E-state index in [0.29, 0.717) is 6.29 Å². The Labute approximate surface area is 132 Å². The van der Waals surface area contributed by atoms with Gasteiger partial charge in [0, 0.05) is 29.7 Å². The molecule has 1 aromatic carbocycles. The van der Waals surface area contributed by atoms with Crippen LogP contribution < -0.4 is 0 Å². The van der Waals surface area contributed by atoms with Crippen LogP contribution in [0.3, 0.4) is 0 Å². The number of hydrogen-bond acceptors (Lipinski definition) is 4. The van der Waals surface area contributed by atoms with Crippen molar-refractivity contribution in [2.24, 2.45) is 0 Å². The lowest BCUT2D eigenvalue weighted by Gasteiger charge is -2.11. The van der Waals surface area contributed by atoms with Crippen LogP contribution >= 0.6 is 0 Å². The largest absolute Gasteiger partial charge is 0.298 e. The molecule has 0 atom stereocenters. The molecule has 0 fully saturated rings. The average molecular weight is 330 g/mol. The highest BCUT2D eigenvalue weighted by atomic mass is 32.2. The Balaban J connectivity index is 2.27. The van der Waals surface area contributed by atoms with Crippen molar-refractivity contribution in [1.82, 2.24) is 8.96 Å². The van der Waals surface area contributed by atoms with Crippen LogP contribution in [-0.2, 0) is 10.0 Å². The zero-order valence-corrected chi connectivity index (χ0v) is 12.6. The maximum Gasteiger partial charge on any atom is 0.268 e. The molecular formula is C16H11FN2O3S. The topological polar surface area (TPSA) is 69.0 Å². The normalized spacial score (nSPS) is 11.3. The summed E-state index contributed by atoms with van der Waals surface area (Å²) in [4.78, 5) is 14.8. The molecule has 7 heteroatoms. The summed E-state index contributed by atoms with van der Waals surface area (Å²) in [5.41, 5.74) is 0.320. The molecule has 0 saturated carbocycles. The van der Waals surface area contributed by atoms with Gasteiger partial charge in [0.05, 0.1) is 10.6 Å². The van der Waals surface area contributed by atoms with Gasteiger partial charge < -0.3 is 0 Å². The standard InChI is InChI=1S/C16H11FN2O3S/c17-15-4-2-1-3-14(15)16-9-12(11-20)10-19(16)23(21,22)13-5-7-18-8-6-13/h1-11H.